The molecule has 1 amide bonds. The van der Waals surface area contributed by atoms with Gasteiger partial charge in [0, 0.05) is 23.7 Å². The average molecular weight is 496 g/mol. The van der Waals surface area contributed by atoms with Gasteiger partial charge in [-0.25, -0.2) is 8.42 Å². The van der Waals surface area contributed by atoms with Crippen LogP contribution in [0.15, 0.2) is 41.3 Å². The molecule has 4 N–H and O–H groups in total. The summed E-state index contributed by atoms with van der Waals surface area (Å²) in [5.41, 5.74) is 4.46. The molecule has 0 aromatic heterocycles. The molecule has 2 aromatic carbocycles. The Morgan fingerprint density at radius 3 is 2.36 bits per heavy atom. The van der Waals surface area contributed by atoms with E-state index in [9.17, 15) is 23.3 Å². The van der Waals surface area contributed by atoms with Crippen molar-refractivity contribution in [2.45, 2.75) is 23.8 Å². The Kier molecular flexibility index (Phi) is 7.18. The summed E-state index contributed by atoms with van der Waals surface area (Å²) < 4.78 is 38.7. The lowest BCUT2D eigenvalue weighted by Crippen LogP contribution is -2.47. The molecule has 1 fully saturated rings. The molecule has 0 spiro atoms. The van der Waals surface area contributed by atoms with Crippen molar-refractivity contribution in [1.29, 1.82) is 0 Å². The second-order valence-electron chi connectivity index (χ2n) is 6.94. The van der Waals surface area contributed by atoms with Gasteiger partial charge in [-0.2, -0.15) is 0 Å². The Morgan fingerprint density at radius 1 is 1.09 bits per heavy atom. The van der Waals surface area contributed by atoms with E-state index >= 15 is 0 Å². The summed E-state index contributed by atoms with van der Waals surface area (Å²) in [5, 5.41) is 14.3. The molecular formula is C19H21N5O7S2. The minimum atomic E-state index is -4.34. The standard InChI is InChI=1S/C19H21N5O7S2/c1-30-15-8-6-13(24(26)27)10-14(15)23-33(28,29)17-9-11(3-7-16(17)31-2)18(25)21-22-19(32)20-12-4-5-12/h3,6-10,12,23H,4-5H2,1-2H3,(H,21,25)(H2,20,22,32). The number of amides is 1. The van der Waals surface area contributed by atoms with Crippen LogP contribution in [-0.2, 0) is 10.0 Å². The molecule has 176 valence electrons. The van der Waals surface area contributed by atoms with Crippen molar-refractivity contribution in [3.8, 4) is 11.5 Å². The summed E-state index contributed by atoms with van der Waals surface area (Å²) in [6.07, 6.45) is 2.00. The second kappa shape index (κ2) is 9.87. The van der Waals surface area contributed by atoms with Crippen LogP contribution in [0, 0.1) is 10.1 Å². The topological polar surface area (TPSA) is 161 Å². The summed E-state index contributed by atoms with van der Waals surface area (Å²) in [5.74, 6) is -0.609. The number of methoxy groups -OCH3 is 2. The van der Waals surface area contributed by atoms with E-state index in [1.807, 2.05) is 0 Å². The maximum absolute atomic E-state index is 13.1. The number of carbonyl (C=O) groups excluding carboxylic acids is 1. The zero-order chi connectivity index (χ0) is 24.2. The van der Waals surface area contributed by atoms with Crippen LogP contribution in [-0.4, -0.2) is 44.6 Å². The highest BCUT2D eigenvalue weighted by Crippen LogP contribution is 2.33. The maximum atomic E-state index is 13.1. The van der Waals surface area contributed by atoms with Crippen molar-refractivity contribution in [2.75, 3.05) is 18.9 Å². The lowest BCUT2D eigenvalue weighted by molar-refractivity contribution is -0.384. The third kappa shape index (κ3) is 5.98. The first-order chi connectivity index (χ1) is 15.6. The normalized spacial score (nSPS) is 12.9. The lowest BCUT2D eigenvalue weighted by Gasteiger charge is -2.15. The number of rotatable bonds is 8. The number of hydrogen-bond donors (Lipinski definition) is 4. The summed E-state index contributed by atoms with van der Waals surface area (Å²) in [4.78, 5) is 22.6. The van der Waals surface area contributed by atoms with Crippen molar-refractivity contribution in [3.63, 3.8) is 0 Å². The number of hydrogen-bond acceptors (Lipinski definition) is 8. The number of nitrogens with zero attached hydrogens (tertiary/aromatic N) is 1. The summed E-state index contributed by atoms with van der Waals surface area (Å²) in [7, 11) is -1.78. The SMILES string of the molecule is COc1ccc([N+](=O)[O-])cc1NS(=O)(=O)c1cc(C(=O)NNC(=S)NC2CC2)ccc1OC. The fourth-order valence-electron chi connectivity index (χ4n) is 2.75. The van der Waals surface area contributed by atoms with Crippen LogP contribution in [0.2, 0.25) is 0 Å². The number of sulfonamides is 1. The van der Waals surface area contributed by atoms with E-state index in [0.29, 0.717) is 0 Å². The first kappa shape index (κ1) is 24.0. The molecule has 3 rings (SSSR count). The van der Waals surface area contributed by atoms with Gasteiger partial charge in [-0.05, 0) is 49.3 Å². The van der Waals surface area contributed by atoms with Crippen LogP contribution in [0.5, 0.6) is 11.5 Å². The molecule has 2 aromatic rings. The molecule has 12 nitrogen and oxygen atoms in total. The molecule has 1 aliphatic rings. The average Bonchev–Trinajstić information content (AvgIpc) is 3.60. The van der Waals surface area contributed by atoms with E-state index in [4.69, 9.17) is 21.7 Å². The van der Waals surface area contributed by atoms with E-state index in [-0.39, 0.29) is 44.5 Å². The van der Waals surface area contributed by atoms with E-state index < -0.39 is 20.9 Å². The highest BCUT2D eigenvalue weighted by Gasteiger charge is 2.25. The first-order valence-corrected chi connectivity index (χ1v) is 11.4. The highest BCUT2D eigenvalue weighted by atomic mass is 32.2. The number of benzene rings is 2. The Balaban J connectivity index is 1.86. The van der Waals surface area contributed by atoms with Crippen LogP contribution in [0.25, 0.3) is 0 Å². The van der Waals surface area contributed by atoms with E-state index in [2.05, 4.69) is 20.9 Å². The molecule has 1 aliphatic carbocycles. The van der Waals surface area contributed by atoms with Crippen LogP contribution >= 0.6 is 12.2 Å². The van der Waals surface area contributed by atoms with Gasteiger partial charge in [0.15, 0.2) is 5.11 Å². The van der Waals surface area contributed by atoms with Gasteiger partial charge in [-0.15, -0.1) is 0 Å². The number of nitrogens with one attached hydrogen (secondary N) is 4. The molecule has 0 saturated heterocycles. The monoisotopic (exact) mass is 495 g/mol. The third-order valence-corrected chi connectivity index (χ3v) is 6.16. The molecular weight excluding hydrogens is 474 g/mol. The van der Waals surface area contributed by atoms with Gasteiger partial charge < -0.3 is 14.8 Å². The van der Waals surface area contributed by atoms with Gasteiger partial charge in [0.1, 0.15) is 16.4 Å². The maximum Gasteiger partial charge on any atom is 0.271 e. The fraction of sp³-hybridized carbons (Fsp3) is 0.263. The highest BCUT2D eigenvalue weighted by molar-refractivity contribution is 7.92. The predicted molar refractivity (Wildman–Crippen MR) is 123 cm³/mol. The van der Waals surface area contributed by atoms with E-state index in [0.717, 1.165) is 25.0 Å². The van der Waals surface area contributed by atoms with Crippen molar-refractivity contribution in [2.24, 2.45) is 0 Å². The van der Waals surface area contributed by atoms with Gasteiger partial charge in [0.2, 0.25) is 0 Å². The van der Waals surface area contributed by atoms with Gasteiger partial charge in [0.05, 0.1) is 24.8 Å². The summed E-state index contributed by atoms with van der Waals surface area (Å²) in [6, 6.07) is 7.56. The van der Waals surface area contributed by atoms with Crippen LogP contribution in [0.4, 0.5) is 11.4 Å². The minimum absolute atomic E-state index is 0.00361. The molecule has 0 bridgehead atoms. The number of ether oxygens (including phenoxy) is 2. The van der Waals surface area contributed by atoms with E-state index in [1.54, 1.807) is 0 Å². The lowest BCUT2D eigenvalue weighted by atomic mass is 10.2. The van der Waals surface area contributed by atoms with Gasteiger partial charge in [0.25, 0.3) is 21.6 Å². The molecule has 33 heavy (non-hydrogen) atoms. The van der Waals surface area contributed by atoms with Gasteiger partial charge >= 0.3 is 0 Å². The molecule has 0 atom stereocenters. The smallest absolute Gasteiger partial charge is 0.271 e. The molecule has 0 heterocycles. The predicted octanol–water partition coefficient (Wildman–Crippen LogP) is 1.68. The first-order valence-electron chi connectivity index (χ1n) is 9.54. The molecule has 0 radical (unpaired) electrons. The number of anilines is 1. The second-order valence-corrected chi connectivity index (χ2v) is 9.00. The Labute approximate surface area is 194 Å². The number of carbonyl (C=O) groups is 1. The zero-order valence-corrected chi connectivity index (χ0v) is 19.2. The number of non-ortho nitro benzene ring substituents is 1. The third-order valence-electron chi connectivity index (χ3n) is 4.56. The number of thiocarbonyl (C=S) groups is 1. The quantitative estimate of drug-likeness (QED) is 0.241. The zero-order valence-electron chi connectivity index (χ0n) is 17.6. The Morgan fingerprint density at radius 2 is 1.76 bits per heavy atom. The van der Waals surface area contributed by atoms with Crippen molar-refractivity contribution in [3.05, 3.63) is 52.1 Å². The van der Waals surface area contributed by atoms with Crippen LogP contribution < -0.4 is 30.4 Å². The molecule has 0 aliphatic heterocycles. The van der Waals surface area contributed by atoms with E-state index in [1.165, 1.54) is 38.5 Å². The van der Waals surface area contributed by atoms with Gasteiger partial charge in [-0.1, -0.05) is 0 Å². The van der Waals surface area contributed by atoms with Gasteiger partial charge in [-0.3, -0.25) is 30.5 Å². The van der Waals surface area contributed by atoms with Crippen LogP contribution in [0.1, 0.15) is 23.2 Å². The largest absolute Gasteiger partial charge is 0.495 e. The molecule has 14 heteroatoms. The summed E-state index contributed by atoms with van der Waals surface area (Å²) in [6.45, 7) is 0. The van der Waals surface area contributed by atoms with Crippen molar-refractivity contribution < 1.29 is 27.6 Å². The minimum Gasteiger partial charge on any atom is -0.495 e. The Bertz CT molecular complexity index is 1200. The molecule has 0 unspecified atom stereocenters. The number of hydrazine groups is 1. The fourth-order valence-corrected chi connectivity index (χ4v) is 4.23. The molecule has 1 saturated carbocycles. The van der Waals surface area contributed by atoms with Crippen molar-refractivity contribution >= 4 is 44.6 Å². The number of nitro benzene ring substituents is 1. The summed E-state index contributed by atoms with van der Waals surface area (Å²) >= 11 is 5.07. The Hall–Kier alpha value is -3.65. The van der Waals surface area contributed by atoms with Crippen LogP contribution in [0.3, 0.4) is 0 Å². The van der Waals surface area contributed by atoms with Crippen molar-refractivity contribution in [1.82, 2.24) is 16.2 Å². The number of nitro groups is 1.